The van der Waals surface area contributed by atoms with Crippen molar-refractivity contribution in [1.82, 2.24) is 0 Å². The third-order valence-corrected chi connectivity index (χ3v) is 2.44. The number of nitrogens with two attached hydrogens (primary N) is 1. The fraction of sp³-hybridized carbons (Fsp3) is 0.462. The summed E-state index contributed by atoms with van der Waals surface area (Å²) in [6.07, 6.45) is -4.36. The van der Waals surface area contributed by atoms with E-state index in [1.165, 1.54) is 12.1 Å². The van der Waals surface area contributed by atoms with Crippen LogP contribution in [0.2, 0.25) is 0 Å². The van der Waals surface area contributed by atoms with E-state index in [9.17, 15) is 18.0 Å². The Kier molecular flexibility index (Phi) is 5.97. The van der Waals surface area contributed by atoms with Gasteiger partial charge in [-0.05, 0) is 24.6 Å². The summed E-state index contributed by atoms with van der Waals surface area (Å²) in [6.45, 7) is 1.91. The van der Waals surface area contributed by atoms with Gasteiger partial charge in [-0.25, -0.2) is 0 Å². The zero-order chi connectivity index (χ0) is 15.2. The molecule has 1 atom stereocenters. The molecule has 2 N–H and O–H groups in total. The molecular weight excluding hydrogens is 275 g/mol. The van der Waals surface area contributed by atoms with Crippen LogP contribution in [0.4, 0.5) is 13.2 Å². The Hall–Kier alpha value is -1.60. The molecule has 0 bridgehead atoms. The molecule has 4 nitrogen and oxygen atoms in total. The number of benzene rings is 1. The summed E-state index contributed by atoms with van der Waals surface area (Å²) in [6, 6.07) is 3.69. The average molecular weight is 291 g/mol. The molecule has 7 heteroatoms. The lowest BCUT2D eigenvalue weighted by Gasteiger charge is -2.11. The Morgan fingerprint density at radius 3 is 2.40 bits per heavy atom. The molecule has 0 aromatic heterocycles. The second kappa shape index (κ2) is 7.25. The van der Waals surface area contributed by atoms with E-state index in [0.29, 0.717) is 5.56 Å². The third-order valence-electron chi connectivity index (χ3n) is 2.44. The predicted molar refractivity (Wildman–Crippen MR) is 65.7 cm³/mol. The van der Waals surface area contributed by atoms with Gasteiger partial charge in [-0.1, -0.05) is 12.1 Å². The first-order valence-corrected chi connectivity index (χ1v) is 6.00. The highest BCUT2D eigenvalue weighted by Gasteiger charge is 2.29. The molecular formula is C13H16F3NO3. The highest BCUT2D eigenvalue weighted by molar-refractivity contribution is 5.75. The number of hydrogen-bond acceptors (Lipinski definition) is 4. The van der Waals surface area contributed by atoms with Crippen LogP contribution in [0, 0.1) is 0 Å². The van der Waals surface area contributed by atoms with Crippen LogP contribution in [0.15, 0.2) is 24.3 Å². The van der Waals surface area contributed by atoms with Crippen LogP contribution in [0.5, 0.6) is 0 Å². The van der Waals surface area contributed by atoms with Gasteiger partial charge in [0.25, 0.3) is 0 Å². The Bertz CT molecular complexity index is 431. The van der Waals surface area contributed by atoms with Crippen molar-refractivity contribution in [2.75, 3.05) is 13.2 Å². The Morgan fingerprint density at radius 2 is 1.90 bits per heavy atom. The predicted octanol–water partition coefficient (Wildman–Crippen LogP) is 2.11. The fourth-order valence-electron chi connectivity index (χ4n) is 1.41. The molecule has 0 heterocycles. The van der Waals surface area contributed by atoms with Crippen molar-refractivity contribution < 1.29 is 27.4 Å². The number of ether oxygens (including phenoxy) is 2. The van der Waals surface area contributed by atoms with Crippen LogP contribution in [0.25, 0.3) is 0 Å². The average Bonchev–Trinajstić information content (AvgIpc) is 2.38. The molecule has 0 saturated carbocycles. The summed E-state index contributed by atoms with van der Waals surface area (Å²) in [5, 5.41) is 0. The molecule has 1 aromatic rings. The van der Waals surface area contributed by atoms with Crippen LogP contribution in [-0.2, 0) is 27.1 Å². The lowest BCUT2D eigenvalue weighted by Crippen LogP contribution is -2.36. The van der Waals surface area contributed by atoms with Gasteiger partial charge in [0.15, 0.2) is 0 Å². The Labute approximate surface area is 114 Å². The summed E-state index contributed by atoms with van der Waals surface area (Å²) < 4.78 is 46.9. The lowest BCUT2D eigenvalue weighted by molar-refractivity contribution is -0.146. The smallest absolute Gasteiger partial charge is 0.416 e. The number of rotatable bonds is 6. The van der Waals surface area contributed by atoms with E-state index in [1.807, 2.05) is 0 Å². The normalized spacial score (nSPS) is 13.1. The van der Waals surface area contributed by atoms with E-state index in [2.05, 4.69) is 0 Å². The molecule has 0 fully saturated rings. The number of carbonyl (C=O) groups is 1. The van der Waals surface area contributed by atoms with Crippen LogP contribution in [0.3, 0.4) is 0 Å². The number of halogens is 3. The van der Waals surface area contributed by atoms with Gasteiger partial charge >= 0.3 is 12.1 Å². The Morgan fingerprint density at radius 1 is 1.30 bits per heavy atom. The van der Waals surface area contributed by atoms with Crippen molar-refractivity contribution in [2.24, 2.45) is 5.73 Å². The SMILES string of the molecule is CCOC(=O)C(N)COCc1ccc(C(F)(F)F)cc1. The van der Waals surface area contributed by atoms with Crippen molar-refractivity contribution in [3.8, 4) is 0 Å². The first-order valence-electron chi connectivity index (χ1n) is 6.00. The minimum Gasteiger partial charge on any atom is -0.465 e. The maximum Gasteiger partial charge on any atom is 0.416 e. The number of carbonyl (C=O) groups excluding carboxylic acids is 1. The Balaban J connectivity index is 2.41. The topological polar surface area (TPSA) is 61.5 Å². The van der Waals surface area contributed by atoms with E-state index in [-0.39, 0.29) is 19.8 Å². The second-order valence-corrected chi connectivity index (χ2v) is 4.07. The molecule has 0 radical (unpaired) electrons. The molecule has 1 unspecified atom stereocenters. The summed E-state index contributed by atoms with van der Waals surface area (Å²) in [4.78, 5) is 11.2. The van der Waals surface area contributed by atoms with E-state index >= 15 is 0 Å². The third kappa shape index (κ3) is 5.18. The van der Waals surface area contributed by atoms with Crippen molar-refractivity contribution in [2.45, 2.75) is 25.7 Å². The first kappa shape index (κ1) is 16.5. The molecule has 0 spiro atoms. The molecule has 0 aliphatic carbocycles. The standard InChI is InChI=1S/C13H16F3NO3/c1-2-20-12(18)11(17)8-19-7-9-3-5-10(6-4-9)13(14,15)16/h3-6,11H,2,7-8,17H2,1H3. The molecule has 0 aliphatic rings. The highest BCUT2D eigenvalue weighted by atomic mass is 19.4. The van der Waals surface area contributed by atoms with Crippen molar-refractivity contribution in [1.29, 1.82) is 0 Å². The minimum absolute atomic E-state index is 0.0557. The van der Waals surface area contributed by atoms with E-state index in [1.54, 1.807) is 6.92 Å². The van der Waals surface area contributed by atoms with Gasteiger partial charge in [-0.3, -0.25) is 4.79 Å². The van der Waals surface area contributed by atoms with Crippen LogP contribution in [0.1, 0.15) is 18.1 Å². The van der Waals surface area contributed by atoms with Gasteiger partial charge in [-0.2, -0.15) is 13.2 Å². The molecule has 112 valence electrons. The van der Waals surface area contributed by atoms with E-state index in [0.717, 1.165) is 12.1 Å². The van der Waals surface area contributed by atoms with Gasteiger partial charge in [0.05, 0.1) is 25.4 Å². The largest absolute Gasteiger partial charge is 0.465 e. The molecule has 0 amide bonds. The molecule has 0 aliphatic heterocycles. The molecule has 1 aromatic carbocycles. The van der Waals surface area contributed by atoms with E-state index in [4.69, 9.17) is 15.2 Å². The number of hydrogen-bond donors (Lipinski definition) is 1. The van der Waals surface area contributed by atoms with Gasteiger partial charge < -0.3 is 15.2 Å². The van der Waals surface area contributed by atoms with Crippen molar-refractivity contribution in [3.63, 3.8) is 0 Å². The maximum atomic E-state index is 12.3. The number of esters is 1. The summed E-state index contributed by atoms with van der Waals surface area (Å²) in [5.41, 5.74) is 5.35. The maximum absolute atomic E-state index is 12.3. The number of alkyl halides is 3. The zero-order valence-electron chi connectivity index (χ0n) is 10.9. The molecule has 1 rings (SSSR count). The molecule has 20 heavy (non-hydrogen) atoms. The monoisotopic (exact) mass is 291 g/mol. The second-order valence-electron chi connectivity index (χ2n) is 4.07. The summed E-state index contributed by atoms with van der Waals surface area (Å²) >= 11 is 0. The van der Waals surface area contributed by atoms with Gasteiger partial charge in [0.2, 0.25) is 0 Å². The quantitative estimate of drug-likeness (QED) is 0.815. The first-order chi connectivity index (χ1) is 9.34. The van der Waals surface area contributed by atoms with Gasteiger partial charge in [0.1, 0.15) is 6.04 Å². The highest BCUT2D eigenvalue weighted by Crippen LogP contribution is 2.29. The van der Waals surface area contributed by atoms with Gasteiger partial charge in [-0.15, -0.1) is 0 Å². The minimum atomic E-state index is -4.36. The molecule has 0 saturated heterocycles. The van der Waals surface area contributed by atoms with Crippen molar-refractivity contribution >= 4 is 5.97 Å². The zero-order valence-corrected chi connectivity index (χ0v) is 10.9. The van der Waals surface area contributed by atoms with Crippen LogP contribution in [-0.4, -0.2) is 25.2 Å². The fourth-order valence-corrected chi connectivity index (χ4v) is 1.41. The van der Waals surface area contributed by atoms with E-state index < -0.39 is 23.8 Å². The van der Waals surface area contributed by atoms with Gasteiger partial charge in [0, 0.05) is 0 Å². The lowest BCUT2D eigenvalue weighted by atomic mass is 10.1. The van der Waals surface area contributed by atoms with Crippen molar-refractivity contribution in [3.05, 3.63) is 35.4 Å². The van der Waals surface area contributed by atoms with Crippen LogP contribution < -0.4 is 5.73 Å². The summed E-state index contributed by atoms with van der Waals surface area (Å²) in [7, 11) is 0. The summed E-state index contributed by atoms with van der Waals surface area (Å²) in [5.74, 6) is -0.570. The van der Waals surface area contributed by atoms with Crippen LogP contribution >= 0.6 is 0 Å².